The van der Waals surface area contributed by atoms with Crippen LogP contribution >= 0.6 is 0 Å². The van der Waals surface area contributed by atoms with Crippen LogP contribution in [0.4, 0.5) is 5.69 Å². The topological polar surface area (TPSA) is 84.9 Å². The molecule has 6 heteroatoms. The molecule has 0 radical (unpaired) electrons. The summed E-state index contributed by atoms with van der Waals surface area (Å²) < 4.78 is 10.4. The summed E-state index contributed by atoms with van der Waals surface area (Å²) in [5.41, 5.74) is 0.510. The third kappa shape index (κ3) is 5.07. The number of carboxylic acids is 1. The molecule has 0 aromatic heterocycles. The Morgan fingerprint density at radius 3 is 2.67 bits per heavy atom. The van der Waals surface area contributed by atoms with Gasteiger partial charge in [-0.25, -0.2) is 4.79 Å². The van der Waals surface area contributed by atoms with Crippen LogP contribution in [0, 0.1) is 0 Å². The van der Waals surface area contributed by atoms with Crippen LogP contribution in [0.1, 0.15) is 37.0 Å². The lowest BCUT2D eigenvalue weighted by molar-refractivity contribution is -0.126. The minimum absolute atomic E-state index is 0.0442. The van der Waals surface area contributed by atoms with Crippen molar-refractivity contribution in [1.82, 2.24) is 0 Å². The number of rotatable bonds is 8. The zero-order valence-corrected chi connectivity index (χ0v) is 12.5. The number of anilines is 1. The number of aromatic carboxylic acids is 1. The van der Waals surface area contributed by atoms with Crippen LogP contribution in [0.5, 0.6) is 5.75 Å². The van der Waals surface area contributed by atoms with Gasteiger partial charge in [-0.3, -0.25) is 4.79 Å². The summed E-state index contributed by atoms with van der Waals surface area (Å²) in [4.78, 5) is 22.9. The highest BCUT2D eigenvalue weighted by Crippen LogP contribution is 2.23. The summed E-state index contributed by atoms with van der Waals surface area (Å²) in [7, 11) is 1.38. The molecule has 0 bridgehead atoms. The van der Waals surface area contributed by atoms with Crippen LogP contribution in [-0.4, -0.2) is 36.8 Å². The molecular weight excluding hydrogens is 274 g/mol. The number of benzene rings is 1. The van der Waals surface area contributed by atoms with Crippen molar-refractivity contribution >= 4 is 17.6 Å². The molecule has 1 atom stereocenters. The molecule has 1 amide bonds. The molecule has 1 aromatic carbocycles. The van der Waals surface area contributed by atoms with Crippen molar-refractivity contribution in [3.05, 3.63) is 23.8 Å². The first kappa shape index (κ1) is 17.0. The Morgan fingerprint density at radius 2 is 2.10 bits per heavy atom. The first-order chi connectivity index (χ1) is 9.99. The maximum atomic E-state index is 11.9. The number of hydrogen-bond acceptors (Lipinski definition) is 4. The second-order valence-corrected chi connectivity index (χ2v) is 4.58. The maximum Gasteiger partial charge on any atom is 0.339 e. The van der Waals surface area contributed by atoms with Crippen LogP contribution in [0.2, 0.25) is 0 Å². The number of carbonyl (C=O) groups is 2. The molecule has 2 N–H and O–H groups in total. The van der Waals surface area contributed by atoms with Crippen molar-refractivity contribution in [2.45, 2.75) is 32.8 Å². The van der Waals surface area contributed by atoms with E-state index in [0.717, 1.165) is 12.8 Å². The fraction of sp³-hybridized carbons (Fsp3) is 0.467. The van der Waals surface area contributed by atoms with E-state index in [2.05, 4.69) is 5.32 Å². The molecule has 0 saturated carbocycles. The lowest BCUT2D eigenvalue weighted by atomic mass is 10.1. The first-order valence-corrected chi connectivity index (χ1v) is 6.83. The van der Waals surface area contributed by atoms with Crippen molar-refractivity contribution in [3.63, 3.8) is 0 Å². The Kier molecular flexibility index (Phi) is 6.68. The summed E-state index contributed by atoms with van der Waals surface area (Å²) in [6.07, 6.45) is 1.34. The van der Waals surface area contributed by atoms with Gasteiger partial charge in [-0.15, -0.1) is 0 Å². The van der Waals surface area contributed by atoms with Crippen LogP contribution in [0.25, 0.3) is 0 Å². The molecule has 1 rings (SSSR count). The van der Waals surface area contributed by atoms with Gasteiger partial charge in [-0.1, -0.05) is 13.3 Å². The van der Waals surface area contributed by atoms with E-state index >= 15 is 0 Å². The Morgan fingerprint density at radius 1 is 1.38 bits per heavy atom. The number of nitrogens with one attached hydrogen (secondary N) is 1. The Balaban J connectivity index is 2.70. The summed E-state index contributed by atoms with van der Waals surface area (Å²) in [5.74, 6) is -1.17. The SMILES string of the molecule is CCCCOC(C)C(=O)Nc1ccc(C(=O)O)c(OC)c1. The predicted octanol–water partition coefficient (Wildman–Crippen LogP) is 2.54. The van der Waals surface area contributed by atoms with Crippen molar-refractivity contribution < 1.29 is 24.2 Å². The van der Waals surface area contributed by atoms with Gasteiger partial charge in [-0.05, 0) is 25.5 Å². The van der Waals surface area contributed by atoms with Crippen LogP contribution in [0.3, 0.4) is 0 Å². The van der Waals surface area contributed by atoms with Gasteiger partial charge >= 0.3 is 5.97 Å². The standard InChI is InChI=1S/C15H21NO5/c1-4-5-8-21-10(2)14(17)16-11-6-7-12(15(18)19)13(9-11)20-3/h6-7,9-10H,4-5,8H2,1-3H3,(H,16,17)(H,18,19). The van der Waals surface area contributed by atoms with E-state index < -0.39 is 12.1 Å². The Labute approximate surface area is 124 Å². The van der Waals surface area contributed by atoms with Gasteiger partial charge in [0, 0.05) is 18.4 Å². The minimum Gasteiger partial charge on any atom is -0.496 e. The smallest absolute Gasteiger partial charge is 0.339 e. The number of hydrogen-bond donors (Lipinski definition) is 2. The van der Waals surface area contributed by atoms with Gasteiger partial charge in [0.1, 0.15) is 17.4 Å². The molecule has 1 unspecified atom stereocenters. The molecule has 0 aliphatic heterocycles. The van der Waals surface area contributed by atoms with Crippen LogP contribution in [-0.2, 0) is 9.53 Å². The molecule has 0 spiro atoms. The highest BCUT2D eigenvalue weighted by atomic mass is 16.5. The number of ether oxygens (including phenoxy) is 2. The number of carbonyl (C=O) groups excluding carboxylic acids is 1. The summed E-state index contributed by atoms with van der Waals surface area (Å²) in [5, 5.41) is 11.7. The molecule has 1 aromatic rings. The summed E-state index contributed by atoms with van der Waals surface area (Å²) in [6.45, 7) is 4.25. The minimum atomic E-state index is -1.08. The highest BCUT2D eigenvalue weighted by molar-refractivity contribution is 5.96. The lowest BCUT2D eigenvalue weighted by Gasteiger charge is -2.14. The Hall–Kier alpha value is -2.08. The fourth-order valence-electron chi connectivity index (χ4n) is 1.67. The number of amides is 1. The van der Waals surface area contributed by atoms with Gasteiger partial charge in [0.15, 0.2) is 0 Å². The van der Waals surface area contributed by atoms with Gasteiger partial charge in [0.2, 0.25) is 0 Å². The van der Waals surface area contributed by atoms with E-state index in [-0.39, 0.29) is 17.2 Å². The molecule has 6 nitrogen and oxygen atoms in total. The quantitative estimate of drug-likeness (QED) is 0.720. The fourth-order valence-corrected chi connectivity index (χ4v) is 1.67. The second kappa shape index (κ2) is 8.26. The predicted molar refractivity (Wildman–Crippen MR) is 78.9 cm³/mol. The van der Waals surface area contributed by atoms with E-state index in [4.69, 9.17) is 14.6 Å². The second-order valence-electron chi connectivity index (χ2n) is 4.58. The number of carboxylic acid groups (broad SMARTS) is 1. The van der Waals surface area contributed by atoms with Gasteiger partial charge in [-0.2, -0.15) is 0 Å². The first-order valence-electron chi connectivity index (χ1n) is 6.83. The molecule has 116 valence electrons. The molecule has 21 heavy (non-hydrogen) atoms. The third-order valence-electron chi connectivity index (χ3n) is 2.93. The molecule has 0 heterocycles. The average molecular weight is 295 g/mol. The third-order valence-corrected chi connectivity index (χ3v) is 2.93. The van der Waals surface area contributed by atoms with E-state index in [1.165, 1.54) is 25.3 Å². The molecular formula is C15H21NO5. The van der Waals surface area contributed by atoms with Gasteiger partial charge in [0.25, 0.3) is 5.91 Å². The van der Waals surface area contributed by atoms with E-state index in [9.17, 15) is 9.59 Å². The van der Waals surface area contributed by atoms with E-state index in [0.29, 0.717) is 12.3 Å². The van der Waals surface area contributed by atoms with Crippen LogP contribution in [0.15, 0.2) is 18.2 Å². The number of methoxy groups -OCH3 is 1. The molecule has 0 fully saturated rings. The zero-order chi connectivity index (χ0) is 15.8. The lowest BCUT2D eigenvalue weighted by Crippen LogP contribution is -2.28. The Bertz CT molecular complexity index is 501. The van der Waals surface area contributed by atoms with E-state index in [1.54, 1.807) is 6.92 Å². The largest absolute Gasteiger partial charge is 0.496 e. The van der Waals surface area contributed by atoms with Gasteiger partial charge in [0.05, 0.1) is 7.11 Å². The maximum absolute atomic E-state index is 11.9. The summed E-state index contributed by atoms with van der Waals surface area (Å²) in [6, 6.07) is 4.38. The molecule has 0 saturated heterocycles. The summed E-state index contributed by atoms with van der Waals surface area (Å²) >= 11 is 0. The zero-order valence-electron chi connectivity index (χ0n) is 12.5. The normalized spacial score (nSPS) is 11.8. The van der Waals surface area contributed by atoms with Crippen molar-refractivity contribution in [3.8, 4) is 5.75 Å². The number of unbranched alkanes of at least 4 members (excludes halogenated alkanes) is 1. The average Bonchev–Trinajstić information content (AvgIpc) is 2.46. The molecule has 0 aliphatic carbocycles. The van der Waals surface area contributed by atoms with Crippen molar-refractivity contribution in [1.29, 1.82) is 0 Å². The monoisotopic (exact) mass is 295 g/mol. The van der Waals surface area contributed by atoms with E-state index in [1.807, 2.05) is 6.92 Å². The highest BCUT2D eigenvalue weighted by Gasteiger charge is 2.16. The van der Waals surface area contributed by atoms with Crippen LogP contribution < -0.4 is 10.1 Å². The molecule has 0 aliphatic rings. The van der Waals surface area contributed by atoms with Gasteiger partial charge < -0.3 is 19.9 Å². The van der Waals surface area contributed by atoms with Crippen molar-refractivity contribution in [2.24, 2.45) is 0 Å². The van der Waals surface area contributed by atoms with Crippen molar-refractivity contribution in [2.75, 3.05) is 19.0 Å².